The van der Waals surface area contributed by atoms with Crippen molar-refractivity contribution in [3.05, 3.63) is 98.7 Å². The molecular weight excluding hydrogens is 468 g/mol. The Morgan fingerprint density at radius 1 is 1.13 bits per heavy atom. The summed E-state index contributed by atoms with van der Waals surface area (Å²) in [4.78, 5) is 31.7. The Hall–Kier alpha value is -2.96. The molecule has 0 spiro atoms. The Bertz CT molecular complexity index is 1180. The lowest BCUT2D eigenvalue weighted by molar-refractivity contribution is -0.132. The van der Waals surface area contributed by atoms with E-state index in [-0.39, 0.29) is 11.3 Å². The Morgan fingerprint density at radius 3 is 2.53 bits per heavy atom. The molecule has 0 aliphatic carbocycles. The number of aliphatic hydroxyl groups is 1. The van der Waals surface area contributed by atoms with Gasteiger partial charge in [0, 0.05) is 33.1 Å². The minimum absolute atomic E-state index is 0.00898. The van der Waals surface area contributed by atoms with E-state index in [1.807, 2.05) is 6.92 Å². The predicted octanol–water partition coefficient (Wildman–Crippen LogP) is 5.43. The van der Waals surface area contributed by atoms with E-state index in [4.69, 9.17) is 11.6 Å². The molecular formula is C23H16BrClN2O3. The van der Waals surface area contributed by atoms with Crippen LogP contribution in [0.4, 0.5) is 5.69 Å². The summed E-state index contributed by atoms with van der Waals surface area (Å²) in [7, 11) is 0. The van der Waals surface area contributed by atoms with E-state index < -0.39 is 17.7 Å². The fourth-order valence-electron chi connectivity index (χ4n) is 3.54. The van der Waals surface area contributed by atoms with E-state index in [9.17, 15) is 14.7 Å². The lowest BCUT2D eigenvalue weighted by Gasteiger charge is -2.26. The minimum atomic E-state index is -0.834. The van der Waals surface area contributed by atoms with Crippen LogP contribution < -0.4 is 4.90 Å². The van der Waals surface area contributed by atoms with Crippen LogP contribution >= 0.6 is 27.5 Å². The SMILES string of the molecule is Cc1ccc(Cl)cc1N1C(=O)C(=O)/C(=C(/O)c2ccc(Br)cc2)C1c1cccnc1. The maximum atomic E-state index is 13.1. The van der Waals surface area contributed by atoms with Crippen molar-refractivity contribution in [3.8, 4) is 0 Å². The number of anilines is 1. The van der Waals surface area contributed by atoms with Crippen LogP contribution in [0.5, 0.6) is 0 Å². The molecule has 1 aliphatic heterocycles. The van der Waals surface area contributed by atoms with Crippen molar-refractivity contribution in [3.63, 3.8) is 0 Å². The average Bonchev–Trinajstić information content (AvgIpc) is 3.01. The summed E-state index contributed by atoms with van der Waals surface area (Å²) in [5, 5.41) is 11.5. The number of nitrogens with zero attached hydrogens (tertiary/aromatic N) is 2. The number of amides is 1. The summed E-state index contributed by atoms with van der Waals surface area (Å²) in [5.74, 6) is -1.73. The number of aryl methyl sites for hydroxylation is 1. The number of halogens is 2. The summed E-state index contributed by atoms with van der Waals surface area (Å²) < 4.78 is 0.831. The molecule has 1 aromatic heterocycles. The molecule has 30 heavy (non-hydrogen) atoms. The van der Waals surface area contributed by atoms with Gasteiger partial charge in [0.15, 0.2) is 0 Å². The van der Waals surface area contributed by atoms with Gasteiger partial charge in [0.2, 0.25) is 0 Å². The lowest BCUT2D eigenvalue weighted by atomic mass is 9.96. The molecule has 1 aliphatic rings. The smallest absolute Gasteiger partial charge is 0.300 e. The number of carbonyl (C=O) groups excluding carboxylic acids is 2. The van der Waals surface area contributed by atoms with Gasteiger partial charge in [0.25, 0.3) is 11.7 Å². The third-order valence-electron chi connectivity index (χ3n) is 4.99. The van der Waals surface area contributed by atoms with E-state index in [0.29, 0.717) is 21.8 Å². The van der Waals surface area contributed by atoms with E-state index in [1.54, 1.807) is 67.0 Å². The summed E-state index contributed by atoms with van der Waals surface area (Å²) in [6, 6.07) is 14.7. The number of ketones is 1. The molecule has 7 heteroatoms. The number of aromatic nitrogens is 1. The summed E-state index contributed by atoms with van der Waals surface area (Å²) in [5.41, 5.74) is 2.34. The van der Waals surface area contributed by atoms with Gasteiger partial charge < -0.3 is 5.11 Å². The molecule has 1 amide bonds. The van der Waals surface area contributed by atoms with Crippen LogP contribution in [0.25, 0.3) is 5.76 Å². The van der Waals surface area contributed by atoms with Gasteiger partial charge in [-0.1, -0.05) is 51.8 Å². The molecule has 4 rings (SSSR count). The van der Waals surface area contributed by atoms with Crippen molar-refractivity contribution in [2.75, 3.05) is 4.90 Å². The van der Waals surface area contributed by atoms with Crippen molar-refractivity contribution < 1.29 is 14.7 Å². The maximum Gasteiger partial charge on any atom is 0.300 e. The van der Waals surface area contributed by atoms with Crippen LogP contribution in [-0.4, -0.2) is 21.8 Å². The summed E-state index contributed by atoms with van der Waals surface area (Å²) >= 11 is 9.54. The minimum Gasteiger partial charge on any atom is -0.507 e. The quantitative estimate of drug-likeness (QED) is 0.306. The fourth-order valence-corrected chi connectivity index (χ4v) is 3.97. The number of benzene rings is 2. The largest absolute Gasteiger partial charge is 0.507 e. The molecule has 2 aromatic carbocycles. The molecule has 0 saturated carbocycles. The van der Waals surface area contributed by atoms with Gasteiger partial charge in [0.05, 0.1) is 11.6 Å². The Labute approximate surface area is 186 Å². The van der Waals surface area contributed by atoms with Gasteiger partial charge in [-0.15, -0.1) is 0 Å². The molecule has 1 unspecified atom stereocenters. The fraction of sp³-hybridized carbons (Fsp3) is 0.0870. The molecule has 1 fully saturated rings. The lowest BCUT2D eigenvalue weighted by Crippen LogP contribution is -2.30. The topological polar surface area (TPSA) is 70.5 Å². The van der Waals surface area contributed by atoms with E-state index in [1.165, 1.54) is 4.90 Å². The van der Waals surface area contributed by atoms with E-state index in [2.05, 4.69) is 20.9 Å². The zero-order valence-corrected chi connectivity index (χ0v) is 18.2. The summed E-state index contributed by atoms with van der Waals surface area (Å²) in [6.45, 7) is 1.83. The molecule has 1 atom stereocenters. The van der Waals surface area contributed by atoms with Gasteiger partial charge in [-0.2, -0.15) is 0 Å². The highest BCUT2D eigenvalue weighted by Gasteiger charge is 2.47. The zero-order valence-electron chi connectivity index (χ0n) is 15.8. The number of carbonyl (C=O) groups is 2. The third-order valence-corrected chi connectivity index (χ3v) is 5.76. The number of Topliss-reactive ketones (excluding diaryl/α,β-unsaturated/α-hetero) is 1. The second-order valence-corrected chi connectivity index (χ2v) is 8.25. The van der Waals surface area contributed by atoms with E-state index in [0.717, 1.165) is 10.0 Å². The molecule has 2 heterocycles. The van der Waals surface area contributed by atoms with Gasteiger partial charge in [-0.25, -0.2) is 0 Å². The first-order valence-electron chi connectivity index (χ1n) is 9.11. The van der Waals surface area contributed by atoms with Gasteiger partial charge in [0.1, 0.15) is 5.76 Å². The molecule has 0 radical (unpaired) electrons. The molecule has 1 saturated heterocycles. The van der Waals surface area contributed by atoms with Crippen LogP contribution in [0.15, 0.2) is 77.0 Å². The Kier molecular flexibility index (Phi) is 5.45. The van der Waals surface area contributed by atoms with Crippen LogP contribution in [0.2, 0.25) is 5.02 Å². The predicted molar refractivity (Wildman–Crippen MR) is 119 cm³/mol. The first kappa shape index (κ1) is 20.3. The molecule has 150 valence electrons. The second-order valence-electron chi connectivity index (χ2n) is 6.89. The highest BCUT2D eigenvalue weighted by Crippen LogP contribution is 2.43. The van der Waals surface area contributed by atoms with Crippen LogP contribution in [-0.2, 0) is 9.59 Å². The van der Waals surface area contributed by atoms with Crippen molar-refractivity contribution in [2.24, 2.45) is 0 Å². The standard InChI is InChI=1S/C23H16BrClN2O3/c1-13-4-9-17(25)11-18(13)27-20(15-3-2-10-26-12-15)19(22(29)23(27)30)21(28)14-5-7-16(24)8-6-14/h2-12,20,28H,1H3/b21-19+. The van der Waals surface area contributed by atoms with Crippen LogP contribution in [0.1, 0.15) is 22.7 Å². The first-order chi connectivity index (χ1) is 14.4. The third kappa shape index (κ3) is 3.53. The van der Waals surface area contributed by atoms with Gasteiger partial charge in [-0.3, -0.25) is 19.5 Å². The average molecular weight is 484 g/mol. The maximum absolute atomic E-state index is 13.1. The number of rotatable bonds is 3. The van der Waals surface area contributed by atoms with Crippen molar-refractivity contribution >= 4 is 50.7 Å². The Morgan fingerprint density at radius 2 is 1.87 bits per heavy atom. The monoisotopic (exact) mass is 482 g/mol. The normalized spacial score (nSPS) is 18.1. The molecule has 1 N–H and O–H groups in total. The zero-order chi connectivity index (χ0) is 21.4. The van der Waals surface area contributed by atoms with Crippen molar-refractivity contribution in [1.82, 2.24) is 4.98 Å². The molecule has 5 nitrogen and oxygen atoms in total. The number of aliphatic hydroxyl groups excluding tert-OH is 1. The van der Waals surface area contributed by atoms with Crippen LogP contribution in [0, 0.1) is 6.92 Å². The van der Waals surface area contributed by atoms with Crippen molar-refractivity contribution in [2.45, 2.75) is 13.0 Å². The Balaban J connectivity index is 1.97. The van der Waals surface area contributed by atoms with Gasteiger partial charge in [-0.05, 0) is 48.4 Å². The number of pyridine rings is 1. The first-order valence-corrected chi connectivity index (χ1v) is 10.3. The highest BCUT2D eigenvalue weighted by atomic mass is 79.9. The van der Waals surface area contributed by atoms with Gasteiger partial charge >= 0.3 is 0 Å². The number of hydrogen-bond donors (Lipinski definition) is 1. The molecule has 3 aromatic rings. The van der Waals surface area contributed by atoms with Crippen molar-refractivity contribution in [1.29, 1.82) is 0 Å². The number of hydrogen-bond acceptors (Lipinski definition) is 4. The molecule has 0 bridgehead atoms. The summed E-state index contributed by atoms with van der Waals surface area (Å²) in [6.07, 6.45) is 3.19. The van der Waals surface area contributed by atoms with Crippen LogP contribution in [0.3, 0.4) is 0 Å². The van der Waals surface area contributed by atoms with E-state index >= 15 is 0 Å². The highest BCUT2D eigenvalue weighted by molar-refractivity contribution is 9.10. The second kappa shape index (κ2) is 8.05.